The molecule has 1 N–H and O–H groups in total. The van der Waals surface area contributed by atoms with Gasteiger partial charge in [-0.3, -0.25) is 19.8 Å². The van der Waals surface area contributed by atoms with Crippen molar-refractivity contribution in [1.82, 2.24) is 4.90 Å². The maximum Gasteiger partial charge on any atom is 0.271 e. The standard InChI is InChI=1S/C15H21N3O3/c1-11-6-7-13(18(20)21)10-14(11)16-15(19)12(2)17-8-4-3-5-9-17/h6-7,10,12H,3-5,8-9H2,1-2H3,(H,16,19)/t12-/m0/s1. The lowest BCUT2D eigenvalue weighted by molar-refractivity contribution is -0.384. The first-order chi connectivity index (χ1) is 9.99. The van der Waals surface area contributed by atoms with Crippen LogP contribution < -0.4 is 5.32 Å². The summed E-state index contributed by atoms with van der Waals surface area (Å²) < 4.78 is 0. The molecule has 0 radical (unpaired) electrons. The third-order valence-electron chi connectivity index (χ3n) is 4.01. The highest BCUT2D eigenvalue weighted by atomic mass is 16.6. The summed E-state index contributed by atoms with van der Waals surface area (Å²) in [6.07, 6.45) is 3.45. The first-order valence-electron chi connectivity index (χ1n) is 7.29. The van der Waals surface area contributed by atoms with Crippen LogP contribution in [0.15, 0.2) is 18.2 Å². The van der Waals surface area contributed by atoms with E-state index in [1.807, 2.05) is 13.8 Å². The number of amides is 1. The largest absolute Gasteiger partial charge is 0.324 e. The zero-order valence-corrected chi connectivity index (χ0v) is 12.5. The summed E-state index contributed by atoms with van der Waals surface area (Å²) in [6, 6.07) is 4.29. The van der Waals surface area contributed by atoms with E-state index in [2.05, 4.69) is 10.2 Å². The lowest BCUT2D eigenvalue weighted by Gasteiger charge is -2.31. The minimum atomic E-state index is -0.455. The second-order valence-electron chi connectivity index (χ2n) is 5.52. The summed E-state index contributed by atoms with van der Waals surface area (Å²) >= 11 is 0. The Balaban J connectivity index is 2.07. The Kier molecular flexibility index (Phi) is 4.90. The monoisotopic (exact) mass is 291 g/mol. The molecule has 1 aromatic rings. The number of nitro groups is 1. The number of piperidine rings is 1. The van der Waals surface area contributed by atoms with Gasteiger partial charge in [-0.15, -0.1) is 0 Å². The molecule has 114 valence electrons. The fourth-order valence-electron chi connectivity index (χ4n) is 2.57. The molecule has 0 saturated carbocycles. The van der Waals surface area contributed by atoms with Gasteiger partial charge in [-0.2, -0.15) is 0 Å². The molecule has 0 bridgehead atoms. The normalized spacial score (nSPS) is 17.2. The molecule has 1 fully saturated rings. The molecule has 1 aliphatic rings. The minimum absolute atomic E-state index is 0.0125. The van der Waals surface area contributed by atoms with Crippen molar-refractivity contribution < 1.29 is 9.72 Å². The van der Waals surface area contributed by atoms with Gasteiger partial charge in [0.05, 0.1) is 16.7 Å². The van der Waals surface area contributed by atoms with Crippen LogP contribution in [0.25, 0.3) is 0 Å². The molecule has 1 saturated heterocycles. The molecule has 21 heavy (non-hydrogen) atoms. The van der Waals surface area contributed by atoms with Crippen LogP contribution in [0.5, 0.6) is 0 Å². The SMILES string of the molecule is Cc1ccc([N+](=O)[O-])cc1NC(=O)[C@H](C)N1CCCCC1. The molecule has 0 spiro atoms. The summed E-state index contributed by atoms with van der Waals surface area (Å²) in [7, 11) is 0. The second-order valence-corrected chi connectivity index (χ2v) is 5.52. The van der Waals surface area contributed by atoms with Gasteiger partial charge in [-0.05, 0) is 45.3 Å². The molecule has 1 aliphatic heterocycles. The Bertz CT molecular complexity index is 539. The van der Waals surface area contributed by atoms with Gasteiger partial charge in [0.1, 0.15) is 0 Å². The maximum absolute atomic E-state index is 12.3. The molecular formula is C15H21N3O3. The van der Waals surface area contributed by atoms with E-state index in [1.54, 1.807) is 6.07 Å². The van der Waals surface area contributed by atoms with Crippen LogP contribution in [0.3, 0.4) is 0 Å². The molecular weight excluding hydrogens is 270 g/mol. The van der Waals surface area contributed by atoms with Crippen LogP contribution in [0.2, 0.25) is 0 Å². The highest BCUT2D eigenvalue weighted by Crippen LogP contribution is 2.22. The number of benzene rings is 1. The number of non-ortho nitro benzene ring substituents is 1. The number of hydrogen-bond donors (Lipinski definition) is 1. The van der Waals surface area contributed by atoms with Crippen molar-refractivity contribution in [2.45, 2.75) is 39.2 Å². The van der Waals surface area contributed by atoms with Crippen LogP contribution in [0, 0.1) is 17.0 Å². The molecule has 1 amide bonds. The number of carbonyl (C=O) groups is 1. The van der Waals surface area contributed by atoms with Crippen LogP contribution in [0.4, 0.5) is 11.4 Å². The average molecular weight is 291 g/mol. The van der Waals surface area contributed by atoms with E-state index in [-0.39, 0.29) is 17.6 Å². The van der Waals surface area contributed by atoms with E-state index in [9.17, 15) is 14.9 Å². The molecule has 1 atom stereocenters. The number of carbonyl (C=O) groups excluding carboxylic acids is 1. The number of nitrogens with one attached hydrogen (secondary N) is 1. The first-order valence-corrected chi connectivity index (χ1v) is 7.29. The van der Waals surface area contributed by atoms with Gasteiger partial charge in [0.15, 0.2) is 0 Å². The molecule has 0 aliphatic carbocycles. The third-order valence-corrected chi connectivity index (χ3v) is 4.01. The van der Waals surface area contributed by atoms with Crippen molar-refractivity contribution in [3.63, 3.8) is 0 Å². The quantitative estimate of drug-likeness (QED) is 0.683. The topological polar surface area (TPSA) is 75.5 Å². The average Bonchev–Trinajstić information content (AvgIpc) is 2.49. The Morgan fingerprint density at radius 1 is 1.33 bits per heavy atom. The van der Waals surface area contributed by atoms with Crippen molar-refractivity contribution >= 4 is 17.3 Å². The van der Waals surface area contributed by atoms with Crippen molar-refractivity contribution in [3.8, 4) is 0 Å². The van der Waals surface area contributed by atoms with Gasteiger partial charge in [0, 0.05) is 12.1 Å². The van der Waals surface area contributed by atoms with Crippen molar-refractivity contribution in [2.75, 3.05) is 18.4 Å². The summed E-state index contributed by atoms with van der Waals surface area (Å²) in [5.41, 5.74) is 1.32. The molecule has 0 unspecified atom stereocenters. The molecule has 1 heterocycles. The summed E-state index contributed by atoms with van der Waals surface area (Å²) in [5.74, 6) is -0.111. The number of nitro benzene ring substituents is 1. The Labute approximate surface area is 124 Å². The van der Waals surface area contributed by atoms with Crippen molar-refractivity contribution in [2.24, 2.45) is 0 Å². The summed E-state index contributed by atoms with van der Waals surface area (Å²) in [4.78, 5) is 24.8. The van der Waals surface area contributed by atoms with Gasteiger partial charge in [0.25, 0.3) is 5.69 Å². The zero-order chi connectivity index (χ0) is 15.4. The number of rotatable bonds is 4. The van der Waals surface area contributed by atoms with Gasteiger partial charge in [-0.1, -0.05) is 12.5 Å². The molecule has 6 nitrogen and oxygen atoms in total. The molecule has 0 aromatic heterocycles. The van der Waals surface area contributed by atoms with Crippen LogP contribution >= 0.6 is 0 Å². The Morgan fingerprint density at radius 3 is 2.62 bits per heavy atom. The number of hydrogen-bond acceptors (Lipinski definition) is 4. The third kappa shape index (κ3) is 3.78. The first kappa shape index (κ1) is 15.4. The smallest absolute Gasteiger partial charge is 0.271 e. The van der Waals surface area contributed by atoms with Gasteiger partial charge >= 0.3 is 0 Å². The Morgan fingerprint density at radius 2 is 2.00 bits per heavy atom. The van der Waals surface area contributed by atoms with E-state index in [4.69, 9.17) is 0 Å². The van der Waals surface area contributed by atoms with Crippen molar-refractivity contribution in [3.05, 3.63) is 33.9 Å². The molecule has 6 heteroatoms. The fourth-order valence-corrected chi connectivity index (χ4v) is 2.57. The number of nitrogens with zero attached hydrogens (tertiary/aromatic N) is 2. The van der Waals surface area contributed by atoms with Crippen LogP contribution in [0.1, 0.15) is 31.7 Å². The van der Waals surface area contributed by atoms with E-state index < -0.39 is 4.92 Å². The fraction of sp³-hybridized carbons (Fsp3) is 0.533. The van der Waals surface area contributed by atoms with Gasteiger partial charge in [-0.25, -0.2) is 0 Å². The number of anilines is 1. The highest BCUT2D eigenvalue weighted by Gasteiger charge is 2.23. The van der Waals surface area contributed by atoms with Gasteiger partial charge < -0.3 is 5.32 Å². The van der Waals surface area contributed by atoms with Crippen LogP contribution in [-0.2, 0) is 4.79 Å². The summed E-state index contributed by atoms with van der Waals surface area (Å²) in [5, 5.41) is 13.6. The molecule has 2 rings (SSSR count). The predicted molar refractivity (Wildman–Crippen MR) is 81.3 cm³/mol. The van der Waals surface area contributed by atoms with E-state index >= 15 is 0 Å². The highest BCUT2D eigenvalue weighted by molar-refractivity contribution is 5.95. The predicted octanol–water partition coefficient (Wildman–Crippen LogP) is 2.72. The van der Waals surface area contributed by atoms with Crippen molar-refractivity contribution in [1.29, 1.82) is 0 Å². The van der Waals surface area contributed by atoms with Crippen LogP contribution in [-0.4, -0.2) is 34.9 Å². The maximum atomic E-state index is 12.3. The molecule has 1 aromatic carbocycles. The lowest BCUT2D eigenvalue weighted by atomic mass is 10.1. The zero-order valence-electron chi connectivity index (χ0n) is 12.5. The summed E-state index contributed by atoms with van der Waals surface area (Å²) in [6.45, 7) is 5.57. The lowest BCUT2D eigenvalue weighted by Crippen LogP contribution is -2.44. The van der Waals surface area contributed by atoms with E-state index in [0.29, 0.717) is 5.69 Å². The van der Waals surface area contributed by atoms with E-state index in [0.717, 1.165) is 31.5 Å². The van der Waals surface area contributed by atoms with E-state index in [1.165, 1.54) is 18.6 Å². The second kappa shape index (κ2) is 6.67. The number of likely N-dealkylation sites (tertiary alicyclic amines) is 1. The van der Waals surface area contributed by atoms with Gasteiger partial charge in [0.2, 0.25) is 5.91 Å². The number of aryl methyl sites for hydroxylation is 1. The minimum Gasteiger partial charge on any atom is -0.324 e. The Hall–Kier alpha value is -1.95.